The van der Waals surface area contributed by atoms with Crippen LogP contribution < -0.4 is 5.32 Å². The van der Waals surface area contributed by atoms with Crippen LogP contribution in [0, 0.1) is 11.7 Å². The van der Waals surface area contributed by atoms with Crippen LogP contribution >= 0.6 is 0 Å². The first-order valence-corrected chi connectivity index (χ1v) is 10.4. The van der Waals surface area contributed by atoms with Gasteiger partial charge in [0, 0.05) is 25.2 Å². The topological polar surface area (TPSA) is 66.5 Å². The van der Waals surface area contributed by atoms with Crippen LogP contribution in [0.5, 0.6) is 0 Å². The number of halogens is 1. The van der Waals surface area contributed by atoms with Gasteiger partial charge in [0.1, 0.15) is 10.7 Å². The summed E-state index contributed by atoms with van der Waals surface area (Å²) in [6.45, 7) is 5.43. The summed E-state index contributed by atoms with van der Waals surface area (Å²) >= 11 is 0. The minimum atomic E-state index is -3.91. The van der Waals surface area contributed by atoms with E-state index in [4.69, 9.17) is 0 Å². The fraction of sp³-hybridized carbons (Fsp3) is 0.611. The fourth-order valence-electron chi connectivity index (χ4n) is 3.00. The minimum Gasteiger partial charge on any atom is -0.352 e. The zero-order valence-corrected chi connectivity index (χ0v) is 15.7. The number of nitrogens with one attached hydrogen (secondary N) is 1. The first kappa shape index (κ1) is 19.8. The highest BCUT2D eigenvalue weighted by molar-refractivity contribution is 7.89. The summed E-state index contributed by atoms with van der Waals surface area (Å²) in [5.41, 5.74) is 0.169. The molecule has 0 atom stereocenters. The van der Waals surface area contributed by atoms with Crippen LogP contribution in [0.4, 0.5) is 4.39 Å². The molecule has 1 fully saturated rings. The summed E-state index contributed by atoms with van der Waals surface area (Å²) < 4.78 is 40.9. The van der Waals surface area contributed by atoms with Crippen molar-refractivity contribution in [3.63, 3.8) is 0 Å². The molecule has 1 aromatic rings. The first-order chi connectivity index (χ1) is 11.9. The van der Waals surface area contributed by atoms with E-state index in [0.29, 0.717) is 25.6 Å². The Labute approximate surface area is 149 Å². The van der Waals surface area contributed by atoms with E-state index in [1.807, 2.05) is 0 Å². The molecule has 140 valence electrons. The molecule has 5 nitrogen and oxygen atoms in total. The molecule has 0 unspecified atom stereocenters. The van der Waals surface area contributed by atoms with E-state index in [0.717, 1.165) is 44.2 Å². The standard InChI is InChI=1S/C18H27FN2O3S/c1-3-14(4-2)13-20-18(22)15-8-9-16(19)17(12-15)25(23,24)21-10-6-5-7-11-21/h8-9,12,14H,3-7,10-11,13H2,1-2H3,(H,20,22). The Bertz CT molecular complexity index is 696. The lowest BCUT2D eigenvalue weighted by Gasteiger charge is -2.26. The van der Waals surface area contributed by atoms with E-state index in [1.54, 1.807) is 0 Å². The number of carbonyl (C=O) groups is 1. The molecule has 0 aliphatic carbocycles. The number of amides is 1. The van der Waals surface area contributed by atoms with Crippen molar-refractivity contribution < 1.29 is 17.6 Å². The summed E-state index contributed by atoms with van der Waals surface area (Å²) in [6, 6.07) is 3.54. The van der Waals surface area contributed by atoms with Crippen LogP contribution in [0.25, 0.3) is 0 Å². The predicted molar refractivity (Wildman–Crippen MR) is 95.4 cm³/mol. The highest BCUT2D eigenvalue weighted by Crippen LogP contribution is 2.24. The third-order valence-electron chi connectivity index (χ3n) is 4.83. The Morgan fingerprint density at radius 1 is 1.20 bits per heavy atom. The highest BCUT2D eigenvalue weighted by atomic mass is 32.2. The van der Waals surface area contributed by atoms with Crippen molar-refractivity contribution in [2.45, 2.75) is 50.8 Å². The zero-order valence-electron chi connectivity index (χ0n) is 14.9. The van der Waals surface area contributed by atoms with Crippen molar-refractivity contribution in [3.05, 3.63) is 29.6 Å². The molecule has 1 aliphatic heterocycles. The van der Waals surface area contributed by atoms with E-state index >= 15 is 0 Å². The Kier molecular flexibility index (Phi) is 6.95. The maximum atomic E-state index is 14.2. The van der Waals surface area contributed by atoms with E-state index in [9.17, 15) is 17.6 Å². The lowest BCUT2D eigenvalue weighted by atomic mass is 10.0. The molecule has 0 bridgehead atoms. The van der Waals surface area contributed by atoms with Gasteiger partial charge in [-0.2, -0.15) is 4.31 Å². The Morgan fingerprint density at radius 3 is 2.44 bits per heavy atom. The van der Waals surface area contributed by atoms with Crippen LogP contribution in [0.1, 0.15) is 56.3 Å². The van der Waals surface area contributed by atoms with Gasteiger partial charge in [-0.15, -0.1) is 0 Å². The summed E-state index contributed by atoms with van der Waals surface area (Å²) in [5.74, 6) is -0.815. The monoisotopic (exact) mass is 370 g/mol. The van der Waals surface area contributed by atoms with E-state index < -0.39 is 20.7 Å². The zero-order chi connectivity index (χ0) is 18.4. The maximum absolute atomic E-state index is 14.2. The predicted octanol–water partition coefficient (Wildman–Crippen LogP) is 3.17. The third-order valence-corrected chi connectivity index (χ3v) is 6.75. The van der Waals surface area contributed by atoms with Gasteiger partial charge in [0.15, 0.2) is 0 Å². The van der Waals surface area contributed by atoms with E-state index in [-0.39, 0.29) is 11.5 Å². The normalized spacial score (nSPS) is 16.2. The fourth-order valence-corrected chi connectivity index (χ4v) is 4.61. The van der Waals surface area contributed by atoms with Crippen molar-refractivity contribution in [2.24, 2.45) is 5.92 Å². The largest absolute Gasteiger partial charge is 0.352 e. The number of benzene rings is 1. The number of piperidine rings is 1. The molecule has 1 amide bonds. The number of nitrogens with zero attached hydrogens (tertiary/aromatic N) is 1. The van der Waals surface area contributed by atoms with Gasteiger partial charge in [0.2, 0.25) is 10.0 Å². The Balaban J connectivity index is 2.20. The molecular weight excluding hydrogens is 343 g/mol. The van der Waals surface area contributed by atoms with Crippen molar-refractivity contribution >= 4 is 15.9 Å². The average molecular weight is 370 g/mol. The SMILES string of the molecule is CCC(CC)CNC(=O)c1ccc(F)c(S(=O)(=O)N2CCCCC2)c1. The molecule has 1 saturated heterocycles. The number of hydrogen-bond donors (Lipinski definition) is 1. The smallest absolute Gasteiger partial charge is 0.251 e. The minimum absolute atomic E-state index is 0.169. The first-order valence-electron chi connectivity index (χ1n) is 8.98. The van der Waals surface area contributed by atoms with Gasteiger partial charge in [0.05, 0.1) is 0 Å². The number of sulfonamides is 1. The van der Waals surface area contributed by atoms with E-state index in [2.05, 4.69) is 19.2 Å². The van der Waals surface area contributed by atoms with Crippen LogP contribution in [-0.4, -0.2) is 38.3 Å². The number of carbonyl (C=O) groups excluding carboxylic acids is 1. The second-order valence-electron chi connectivity index (χ2n) is 6.50. The maximum Gasteiger partial charge on any atom is 0.251 e. The molecule has 1 N–H and O–H groups in total. The molecule has 1 aliphatic rings. The lowest BCUT2D eigenvalue weighted by Crippen LogP contribution is -2.36. The summed E-state index contributed by atoms with van der Waals surface area (Å²) in [4.78, 5) is 11.9. The van der Waals surface area contributed by atoms with Crippen molar-refractivity contribution in [1.29, 1.82) is 0 Å². The van der Waals surface area contributed by atoms with E-state index in [1.165, 1.54) is 10.4 Å². The van der Waals surface area contributed by atoms with Gasteiger partial charge in [-0.05, 0) is 37.0 Å². The molecule has 0 saturated carbocycles. The molecule has 0 spiro atoms. The molecule has 0 aromatic heterocycles. The van der Waals surface area contributed by atoms with Crippen molar-refractivity contribution in [2.75, 3.05) is 19.6 Å². The van der Waals surface area contributed by atoms with Crippen LogP contribution in [0.2, 0.25) is 0 Å². The number of hydrogen-bond acceptors (Lipinski definition) is 3. The summed E-state index contributed by atoms with van der Waals surface area (Å²) in [6.07, 6.45) is 4.43. The third kappa shape index (κ3) is 4.79. The summed E-state index contributed by atoms with van der Waals surface area (Å²) in [7, 11) is -3.91. The Hall–Kier alpha value is -1.47. The molecule has 0 radical (unpaired) electrons. The lowest BCUT2D eigenvalue weighted by molar-refractivity contribution is 0.0946. The van der Waals surface area contributed by atoms with Gasteiger partial charge in [0.25, 0.3) is 5.91 Å². The molecule has 25 heavy (non-hydrogen) atoms. The van der Waals surface area contributed by atoms with Gasteiger partial charge < -0.3 is 5.32 Å². The van der Waals surface area contributed by atoms with Crippen molar-refractivity contribution in [3.8, 4) is 0 Å². The molecule has 2 rings (SSSR count). The van der Waals surface area contributed by atoms with Crippen LogP contribution in [0.3, 0.4) is 0 Å². The van der Waals surface area contributed by atoms with Gasteiger partial charge in [-0.25, -0.2) is 12.8 Å². The number of rotatable bonds is 7. The second-order valence-corrected chi connectivity index (χ2v) is 8.41. The molecular formula is C18H27FN2O3S. The quantitative estimate of drug-likeness (QED) is 0.802. The molecule has 1 aromatic carbocycles. The average Bonchev–Trinajstić information content (AvgIpc) is 2.63. The highest BCUT2D eigenvalue weighted by Gasteiger charge is 2.29. The molecule has 1 heterocycles. The van der Waals surface area contributed by atoms with Crippen molar-refractivity contribution in [1.82, 2.24) is 9.62 Å². The Morgan fingerprint density at radius 2 is 1.84 bits per heavy atom. The van der Waals surface area contributed by atoms with Gasteiger partial charge in [-0.3, -0.25) is 4.79 Å². The molecule has 7 heteroatoms. The van der Waals surface area contributed by atoms with Crippen LogP contribution in [0.15, 0.2) is 23.1 Å². The van der Waals surface area contributed by atoms with Gasteiger partial charge in [-0.1, -0.05) is 33.1 Å². The van der Waals surface area contributed by atoms with Gasteiger partial charge >= 0.3 is 0 Å². The second kappa shape index (κ2) is 8.76. The van der Waals surface area contributed by atoms with Crippen LogP contribution in [-0.2, 0) is 10.0 Å². The summed E-state index contributed by atoms with van der Waals surface area (Å²) in [5, 5.41) is 2.81.